The van der Waals surface area contributed by atoms with E-state index in [1.54, 1.807) is 7.11 Å². The molecule has 0 aromatic heterocycles. The zero-order valence-electron chi connectivity index (χ0n) is 8.49. The number of ether oxygens (including phenoxy) is 1. The molecule has 3 heterocycles. The van der Waals surface area contributed by atoms with E-state index in [9.17, 15) is 9.90 Å². The van der Waals surface area contributed by atoms with Gasteiger partial charge in [0.05, 0.1) is 6.61 Å². The molecule has 3 fully saturated rings. The highest BCUT2D eigenvalue weighted by atomic mass is 16.5. The van der Waals surface area contributed by atoms with Crippen molar-refractivity contribution in [3.63, 3.8) is 0 Å². The van der Waals surface area contributed by atoms with Gasteiger partial charge in [-0.15, -0.1) is 0 Å². The Hall–Kier alpha value is -0.450. The van der Waals surface area contributed by atoms with Crippen LogP contribution in [0.3, 0.4) is 0 Å². The van der Waals surface area contributed by atoms with Crippen LogP contribution in [0.5, 0.6) is 0 Å². The van der Waals surface area contributed by atoms with Gasteiger partial charge in [-0.1, -0.05) is 0 Å². The molecule has 0 aromatic rings. The largest absolute Gasteiger partial charge is 0.382 e. The Kier molecular flexibility index (Phi) is 2.60. The average Bonchev–Trinajstić information content (AvgIpc) is 2.24. The molecule has 4 heteroatoms. The van der Waals surface area contributed by atoms with Crippen LogP contribution in [-0.2, 0) is 14.6 Å². The summed E-state index contributed by atoms with van der Waals surface area (Å²) in [6, 6.07) is 0. The molecule has 0 spiro atoms. The number of carbonyl (C=O) groups excluding carboxylic acids is 1. The number of methoxy groups -OCH3 is 1. The zero-order chi connectivity index (χ0) is 10.2. The second-order valence-electron chi connectivity index (χ2n) is 4.23. The molecule has 3 saturated heterocycles. The van der Waals surface area contributed by atoms with Crippen molar-refractivity contribution in [2.24, 2.45) is 5.92 Å². The summed E-state index contributed by atoms with van der Waals surface area (Å²) in [5.74, 6) is 0.232. The van der Waals surface area contributed by atoms with Gasteiger partial charge in [-0.05, 0) is 25.9 Å². The Morgan fingerprint density at radius 3 is 2.57 bits per heavy atom. The molecule has 3 aliphatic rings. The van der Waals surface area contributed by atoms with E-state index >= 15 is 0 Å². The van der Waals surface area contributed by atoms with Crippen molar-refractivity contribution in [3.8, 4) is 0 Å². The second-order valence-corrected chi connectivity index (χ2v) is 4.23. The van der Waals surface area contributed by atoms with Crippen LogP contribution in [0.4, 0.5) is 0 Å². The maximum Gasteiger partial charge on any atom is 0.161 e. The monoisotopic (exact) mass is 198 g/mol. The van der Waals surface area contributed by atoms with Gasteiger partial charge >= 0.3 is 0 Å². The van der Waals surface area contributed by atoms with Crippen LogP contribution >= 0.6 is 0 Å². The molecule has 79 valence electrons. The van der Waals surface area contributed by atoms with Crippen molar-refractivity contribution < 1.29 is 14.6 Å². The van der Waals surface area contributed by atoms with E-state index in [4.69, 9.17) is 4.74 Å². The smallest absolute Gasteiger partial charge is 0.161 e. The quantitative estimate of drug-likeness (QED) is 0.646. The van der Waals surface area contributed by atoms with Gasteiger partial charge in [-0.25, -0.2) is 5.11 Å². The number of carbonyl (C=O) groups is 1. The topological polar surface area (TPSA) is 49.4 Å². The van der Waals surface area contributed by atoms with Gasteiger partial charge in [0.1, 0.15) is 12.1 Å². The summed E-state index contributed by atoms with van der Waals surface area (Å²) in [5.41, 5.74) is -0.837. The summed E-state index contributed by atoms with van der Waals surface area (Å²) < 4.78 is 5.04. The van der Waals surface area contributed by atoms with Gasteiger partial charge < -0.3 is 4.74 Å². The lowest BCUT2D eigenvalue weighted by molar-refractivity contribution is -0.160. The highest BCUT2D eigenvalue weighted by molar-refractivity contribution is 5.92. The van der Waals surface area contributed by atoms with Gasteiger partial charge in [0.2, 0.25) is 0 Å². The van der Waals surface area contributed by atoms with E-state index in [1.165, 1.54) is 0 Å². The number of Topliss-reactive ketones (excluding diaryl/α,β-unsaturated/α-hetero) is 1. The van der Waals surface area contributed by atoms with Gasteiger partial charge in [-0.3, -0.25) is 9.69 Å². The molecule has 0 aromatic carbocycles. The Morgan fingerprint density at radius 2 is 2.14 bits per heavy atom. The third-order valence-corrected chi connectivity index (χ3v) is 3.55. The average molecular weight is 198 g/mol. The van der Waals surface area contributed by atoms with Crippen LogP contribution in [0.2, 0.25) is 0 Å². The SMILES string of the molecule is COCC1(C[O])C(=O)C2CCN1CC2. The van der Waals surface area contributed by atoms with Gasteiger partial charge in [-0.2, -0.15) is 0 Å². The van der Waals surface area contributed by atoms with Gasteiger partial charge in [0, 0.05) is 13.0 Å². The third-order valence-electron chi connectivity index (χ3n) is 3.55. The summed E-state index contributed by atoms with van der Waals surface area (Å²) in [6.45, 7) is 1.64. The Balaban J connectivity index is 2.26. The summed E-state index contributed by atoms with van der Waals surface area (Å²) >= 11 is 0. The number of hydrogen-bond acceptors (Lipinski definition) is 3. The molecular formula is C10H16NO3. The third kappa shape index (κ3) is 1.21. The molecule has 1 unspecified atom stereocenters. The van der Waals surface area contributed by atoms with Crippen LogP contribution in [-0.4, -0.2) is 49.6 Å². The predicted octanol–water partition coefficient (Wildman–Crippen LogP) is 0.0968. The number of piperidine rings is 3. The van der Waals surface area contributed by atoms with E-state index in [0.717, 1.165) is 25.9 Å². The predicted molar refractivity (Wildman–Crippen MR) is 49.5 cm³/mol. The molecule has 0 saturated carbocycles. The van der Waals surface area contributed by atoms with Crippen LogP contribution in [0, 0.1) is 5.92 Å². The number of hydrogen-bond donors (Lipinski definition) is 0. The molecule has 0 N–H and O–H groups in total. The van der Waals surface area contributed by atoms with Crippen molar-refractivity contribution in [2.75, 3.05) is 33.4 Å². The van der Waals surface area contributed by atoms with E-state index in [-0.39, 0.29) is 24.9 Å². The lowest BCUT2D eigenvalue weighted by Crippen LogP contribution is -2.68. The molecule has 3 rings (SSSR count). The first kappa shape index (κ1) is 10.1. The minimum absolute atomic E-state index is 0.115. The van der Waals surface area contributed by atoms with Crippen LogP contribution in [0.25, 0.3) is 0 Å². The maximum absolute atomic E-state index is 12.0. The molecule has 4 nitrogen and oxygen atoms in total. The van der Waals surface area contributed by atoms with Crippen molar-refractivity contribution in [1.82, 2.24) is 4.90 Å². The van der Waals surface area contributed by atoms with E-state index in [0.29, 0.717) is 0 Å². The summed E-state index contributed by atoms with van der Waals surface area (Å²) in [7, 11) is 1.55. The summed E-state index contributed by atoms with van der Waals surface area (Å²) in [5, 5.41) is 11.3. The molecule has 1 atom stereocenters. The second kappa shape index (κ2) is 3.61. The normalized spacial score (nSPS) is 41.7. The lowest BCUT2D eigenvalue weighted by Gasteiger charge is -2.51. The number of ketones is 1. The van der Waals surface area contributed by atoms with E-state index in [1.807, 2.05) is 4.90 Å². The molecule has 0 amide bonds. The first-order valence-corrected chi connectivity index (χ1v) is 5.11. The Bertz CT molecular complexity index is 236. The molecule has 3 aliphatic heterocycles. The summed E-state index contributed by atoms with van der Waals surface area (Å²) in [4.78, 5) is 14.0. The Morgan fingerprint density at radius 1 is 1.50 bits per heavy atom. The lowest BCUT2D eigenvalue weighted by atomic mass is 9.74. The molecular weight excluding hydrogens is 182 g/mol. The molecule has 2 bridgehead atoms. The van der Waals surface area contributed by atoms with Crippen molar-refractivity contribution in [1.29, 1.82) is 0 Å². The Labute approximate surface area is 83.8 Å². The standard InChI is InChI=1S/C10H16NO3/c1-14-7-10(6-12)9(13)8-2-4-11(10)5-3-8/h8H,2-7H2,1H3. The number of nitrogens with zero attached hydrogens (tertiary/aromatic N) is 1. The number of rotatable bonds is 3. The zero-order valence-corrected chi connectivity index (χ0v) is 8.49. The van der Waals surface area contributed by atoms with E-state index < -0.39 is 5.54 Å². The fourth-order valence-corrected chi connectivity index (χ4v) is 2.71. The van der Waals surface area contributed by atoms with Gasteiger partial charge in [0.15, 0.2) is 5.78 Å². The maximum atomic E-state index is 12.0. The van der Waals surface area contributed by atoms with Gasteiger partial charge in [0.25, 0.3) is 0 Å². The highest BCUT2D eigenvalue weighted by Gasteiger charge is 2.53. The fraction of sp³-hybridized carbons (Fsp3) is 0.900. The molecule has 14 heavy (non-hydrogen) atoms. The van der Waals surface area contributed by atoms with Crippen molar-refractivity contribution in [3.05, 3.63) is 0 Å². The minimum atomic E-state index is -0.837. The highest BCUT2D eigenvalue weighted by Crippen LogP contribution is 2.36. The minimum Gasteiger partial charge on any atom is -0.382 e. The fourth-order valence-electron chi connectivity index (χ4n) is 2.71. The first-order chi connectivity index (χ1) is 6.74. The van der Waals surface area contributed by atoms with Crippen LogP contribution in [0.1, 0.15) is 12.8 Å². The van der Waals surface area contributed by atoms with E-state index in [2.05, 4.69) is 0 Å². The molecule has 0 aliphatic carbocycles. The van der Waals surface area contributed by atoms with Crippen LogP contribution in [0.15, 0.2) is 0 Å². The molecule has 1 radical (unpaired) electrons. The summed E-state index contributed by atoms with van der Waals surface area (Å²) in [6.07, 6.45) is 1.84. The van der Waals surface area contributed by atoms with Crippen molar-refractivity contribution in [2.45, 2.75) is 18.4 Å². The van der Waals surface area contributed by atoms with Crippen LogP contribution < -0.4 is 0 Å². The van der Waals surface area contributed by atoms with Crippen molar-refractivity contribution >= 4 is 5.78 Å². The number of fused-ring (bicyclic) bond motifs is 3. The first-order valence-electron chi connectivity index (χ1n) is 5.11.